The van der Waals surface area contributed by atoms with E-state index >= 15 is 0 Å². The van der Waals surface area contributed by atoms with Crippen LogP contribution in [-0.2, 0) is 11.2 Å². The molecule has 11 heteroatoms. The summed E-state index contributed by atoms with van der Waals surface area (Å²) in [6, 6.07) is 4.97. The number of nitrogens with zero attached hydrogens (tertiary/aromatic N) is 2. The zero-order chi connectivity index (χ0) is 26.2. The molecule has 0 radical (unpaired) electrons. The van der Waals surface area contributed by atoms with Gasteiger partial charge in [-0.15, -0.1) is 0 Å². The van der Waals surface area contributed by atoms with E-state index in [0.29, 0.717) is 30.8 Å². The smallest absolute Gasteiger partial charge is 0.270 e. The van der Waals surface area contributed by atoms with E-state index in [1.165, 1.54) is 0 Å². The van der Waals surface area contributed by atoms with Crippen LogP contribution in [0.5, 0.6) is 11.5 Å². The minimum absolute atomic E-state index is 0.0555. The molecular weight excluding hydrogens is 482 g/mol. The van der Waals surface area contributed by atoms with Crippen LogP contribution in [0.1, 0.15) is 71.2 Å². The minimum Gasteiger partial charge on any atom is -0.493 e. The summed E-state index contributed by atoms with van der Waals surface area (Å²) >= 11 is 0.818. The maximum absolute atomic E-state index is 13.7. The van der Waals surface area contributed by atoms with Crippen molar-refractivity contribution in [2.24, 2.45) is 5.73 Å². The molecule has 196 valence electrons. The van der Waals surface area contributed by atoms with Crippen molar-refractivity contribution < 1.29 is 23.9 Å². The Bertz CT molecular complexity index is 1080. The normalized spacial score (nSPS) is 14.3. The van der Waals surface area contributed by atoms with Crippen LogP contribution < -0.4 is 26.3 Å². The number of amides is 3. The average molecular weight is 518 g/mol. The lowest BCUT2D eigenvalue weighted by atomic mass is 10.1. The highest BCUT2D eigenvalue weighted by Crippen LogP contribution is 2.29. The molecule has 1 aliphatic rings. The monoisotopic (exact) mass is 517 g/mol. The first-order valence-corrected chi connectivity index (χ1v) is 12.9. The zero-order valence-corrected chi connectivity index (χ0v) is 21.9. The number of hydrogen-bond donors (Lipinski definition) is 3. The fourth-order valence-corrected chi connectivity index (χ4v) is 5.27. The molecule has 1 aromatic carbocycles. The molecule has 0 bridgehead atoms. The minimum atomic E-state index is -0.802. The number of ether oxygens (including phenoxy) is 2. The van der Waals surface area contributed by atoms with E-state index in [2.05, 4.69) is 9.69 Å². The molecule has 0 spiro atoms. The van der Waals surface area contributed by atoms with Crippen molar-refractivity contribution in [3.05, 3.63) is 34.3 Å². The van der Waals surface area contributed by atoms with E-state index < -0.39 is 17.9 Å². The lowest BCUT2D eigenvalue weighted by Crippen LogP contribution is -2.52. The summed E-state index contributed by atoms with van der Waals surface area (Å²) in [6.45, 7) is 2.22. The van der Waals surface area contributed by atoms with E-state index in [-0.39, 0.29) is 34.8 Å². The zero-order valence-electron chi connectivity index (χ0n) is 21.0. The predicted octanol–water partition coefficient (Wildman–Crippen LogP) is 2.75. The highest BCUT2D eigenvalue weighted by Gasteiger charge is 2.34. The number of benzene rings is 1. The second-order valence-corrected chi connectivity index (χ2v) is 9.64. The van der Waals surface area contributed by atoms with Crippen molar-refractivity contribution in [1.29, 1.82) is 0 Å². The molecule has 10 nitrogen and oxygen atoms in total. The van der Waals surface area contributed by atoms with Gasteiger partial charge in [0.1, 0.15) is 10.9 Å². The van der Waals surface area contributed by atoms with Crippen LogP contribution in [0.15, 0.2) is 18.2 Å². The van der Waals surface area contributed by atoms with Crippen LogP contribution in [-0.4, -0.2) is 59.8 Å². The third-order valence-electron chi connectivity index (χ3n) is 6.45. The Morgan fingerprint density at radius 3 is 2.47 bits per heavy atom. The fraction of sp³-hybridized carbons (Fsp3) is 0.520. The Hall–Kier alpha value is -3.34. The topological polar surface area (TPSA) is 150 Å². The van der Waals surface area contributed by atoms with E-state index in [1.54, 1.807) is 25.2 Å². The molecule has 3 rings (SSSR count). The van der Waals surface area contributed by atoms with Crippen molar-refractivity contribution in [2.75, 3.05) is 26.5 Å². The van der Waals surface area contributed by atoms with E-state index in [1.807, 2.05) is 19.1 Å². The molecule has 1 fully saturated rings. The average Bonchev–Trinajstić information content (AvgIpc) is 3.52. The molecular formula is C25H35N5O5S. The molecule has 3 amide bonds. The third-order valence-corrected chi connectivity index (χ3v) is 7.30. The van der Waals surface area contributed by atoms with Crippen LogP contribution >= 0.6 is 11.5 Å². The standard InChI is InChI=1S/C25H35N5O5S/c1-4-7-17(24(32)28-16-8-5-6-9-16)30(25(33)22-20(26)21(23(27)31)29-36-22)13-12-15-10-11-18(34-2)19(14-15)35-3/h10-11,14,16-17H,4-9,12-13,26H2,1-3H3,(H2,27,31)(H,28,32). The van der Waals surface area contributed by atoms with Crippen molar-refractivity contribution in [2.45, 2.75) is 64.0 Å². The molecule has 5 N–H and O–H groups in total. The second-order valence-electron chi connectivity index (χ2n) is 8.87. The first-order chi connectivity index (χ1) is 17.3. The Morgan fingerprint density at radius 1 is 1.19 bits per heavy atom. The largest absolute Gasteiger partial charge is 0.493 e. The molecule has 1 aliphatic carbocycles. The van der Waals surface area contributed by atoms with Crippen LogP contribution in [0.25, 0.3) is 0 Å². The summed E-state index contributed by atoms with van der Waals surface area (Å²) in [6.07, 6.45) is 5.69. The Balaban J connectivity index is 1.91. The summed E-state index contributed by atoms with van der Waals surface area (Å²) in [5, 5.41) is 3.13. The summed E-state index contributed by atoms with van der Waals surface area (Å²) in [5.74, 6) is -0.246. The Labute approximate surface area is 215 Å². The number of primary amides is 1. The van der Waals surface area contributed by atoms with Gasteiger partial charge in [0.15, 0.2) is 17.2 Å². The van der Waals surface area contributed by atoms with Gasteiger partial charge < -0.3 is 31.2 Å². The highest BCUT2D eigenvalue weighted by molar-refractivity contribution is 7.09. The van der Waals surface area contributed by atoms with Crippen molar-refractivity contribution in [3.63, 3.8) is 0 Å². The molecule has 2 aromatic rings. The van der Waals surface area contributed by atoms with E-state index in [4.69, 9.17) is 20.9 Å². The number of rotatable bonds is 12. The molecule has 1 atom stereocenters. The number of carbonyl (C=O) groups is 3. The number of methoxy groups -OCH3 is 2. The number of aromatic nitrogens is 1. The van der Waals surface area contributed by atoms with E-state index in [9.17, 15) is 14.4 Å². The predicted molar refractivity (Wildman–Crippen MR) is 138 cm³/mol. The number of nitrogens with one attached hydrogen (secondary N) is 1. The van der Waals surface area contributed by atoms with Gasteiger partial charge in [-0.3, -0.25) is 14.4 Å². The van der Waals surface area contributed by atoms with Gasteiger partial charge in [0.2, 0.25) is 5.91 Å². The van der Waals surface area contributed by atoms with Gasteiger partial charge in [-0.1, -0.05) is 32.3 Å². The second kappa shape index (κ2) is 12.6. The van der Waals surface area contributed by atoms with Crippen LogP contribution in [0, 0.1) is 0 Å². The van der Waals surface area contributed by atoms with Gasteiger partial charge in [0, 0.05) is 12.6 Å². The Kier molecular flexibility index (Phi) is 9.51. The molecule has 1 heterocycles. The van der Waals surface area contributed by atoms with Gasteiger partial charge in [0.05, 0.1) is 19.9 Å². The first-order valence-electron chi connectivity index (χ1n) is 12.2. The van der Waals surface area contributed by atoms with Crippen LogP contribution in [0.2, 0.25) is 0 Å². The summed E-state index contributed by atoms with van der Waals surface area (Å²) in [5.41, 5.74) is 12.1. The van der Waals surface area contributed by atoms with E-state index in [0.717, 1.165) is 42.8 Å². The van der Waals surface area contributed by atoms with Crippen molar-refractivity contribution in [1.82, 2.24) is 14.6 Å². The number of hydrogen-bond acceptors (Lipinski definition) is 8. The SMILES string of the molecule is CCCC(C(=O)NC1CCCC1)N(CCc1ccc(OC)c(OC)c1)C(=O)c1snc(C(N)=O)c1N. The highest BCUT2D eigenvalue weighted by atomic mass is 32.1. The number of anilines is 1. The summed E-state index contributed by atoms with van der Waals surface area (Å²) in [4.78, 5) is 40.5. The Morgan fingerprint density at radius 2 is 1.89 bits per heavy atom. The molecule has 1 unspecified atom stereocenters. The third kappa shape index (κ3) is 6.26. The van der Waals surface area contributed by atoms with Gasteiger partial charge in [-0.05, 0) is 54.9 Å². The molecule has 1 aromatic heterocycles. The van der Waals surface area contributed by atoms with Crippen LogP contribution in [0.3, 0.4) is 0 Å². The first kappa shape index (κ1) is 27.3. The molecule has 1 saturated carbocycles. The van der Waals surface area contributed by atoms with Gasteiger partial charge >= 0.3 is 0 Å². The van der Waals surface area contributed by atoms with Crippen molar-refractivity contribution in [3.8, 4) is 11.5 Å². The summed E-state index contributed by atoms with van der Waals surface area (Å²) < 4.78 is 14.7. The number of nitrogen functional groups attached to an aromatic ring is 1. The van der Waals surface area contributed by atoms with Crippen molar-refractivity contribution >= 4 is 34.9 Å². The lowest BCUT2D eigenvalue weighted by molar-refractivity contribution is -0.126. The van der Waals surface area contributed by atoms with Crippen LogP contribution in [0.4, 0.5) is 5.69 Å². The van der Waals surface area contributed by atoms with Gasteiger partial charge in [0.25, 0.3) is 11.8 Å². The molecule has 36 heavy (non-hydrogen) atoms. The lowest BCUT2D eigenvalue weighted by Gasteiger charge is -2.31. The number of carbonyl (C=O) groups excluding carboxylic acids is 3. The summed E-state index contributed by atoms with van der Waals surface area (Å²) in [7, 11) is 3.13. The molecule has 0 aliphatic heterocycles. The number of nitrogens with two attached hydrogens (primary N) is 2. The molecule has 0 saturated heterocycles. The quantitative estimate of drug-likeness (QED) is 0.392. The maximum atomic E-state index is 13.7. The maximum Gasteiger partial charge on any atom is 0.270 e. The van der Waals surface area contributed by atoms with Gasteiger partial charge in [-0.2, -0.15) is 4.37 Å². The fourth-order valence-electron chi connectivity index (χ4n) is 4.51. The van der Waals surface area contributed by atoms with Gasteiger partial charge in [-0.25, -0.2) is 0 Å².